The normalized spacial score (nSPS) is 27.2. The number of halogens is 1. The molecule has 3 aliphatic heterocycles. The summed E-state index contributed by atoms with van der Waals surface area (Å²) in [5.41, 5.74) is 2.22. The molecule has 3 heterocycles. The van der Waals surface area contributed by atoms with Crippen molar-refractivity contribution in [2.45, 2.75) is 55.7 Å². The van der Waals surface area contributed by atoms with Crippen molar-refractivity contribution >= 4 is 45.0 Å². The number of hydrogen-bond donors (Lipinski definition) is 1. The molecule has 6 atom stereocenters. The summed E-state index contributed by atoms with van der Waals surface area (Å²) in [5, 5.41) is 9.50. The molecule has 1 spiro atoms. The maximum atomic E-state index is 14.8. The van der Waals surface area contributed by atoms with Gasteiger partial charge in [-0.25, -0.2) is 0 Å². The van der Waals surface area contributed by atoms with E-state index in [1.807, 2.05) is 62.4 Å². The van der Waals surface area contributed by atoms with Gasteiger partial charge in [0.25, 0.3) is 5.91 Å². The molecule has 2 aromatic carbocycles. The second-order valence-corrected chi connectivity index (χ2v) is 12.9. The molecule has 2 bridgehead atoms. The first-order chi connectivity index (χ1) is 20.7. The monoisotopic (exact) mass is 649 g/mol. The number of aliphatic hydroxyl groups is 1. The van der Waals surface area contributed by atoms with Crippen molar-refractivity contribution in [3.63, 3.8) is 0 Å². The van der Waals surface area contributed by atoms with Crippen molar-refractivity contribution in [2.24, 2.45) is 11.8 Å². The summed E-state index contributed by atoms with van der Waals surface area (Å²) in [4.78, 5) is 48.4. The van der Waals surface area contributed by atoms with E-state index in [4.69, 9.17) is 4.74 Å². The predicted molar refractivity (Wildman–Crippen MR) is 171 cm³/mol. The molecule has 1 N–H and O–H groups in total. The highest BCUT2D eigenvalue weighted by Gasteiger charge is 2.77. The number of unbranched alkanes of at least 4 members (excludes halogenated alkanes) is 1. The molecule has 3 aliphatic rings. The summed E-state index contributed by atoms with van der Waals surface area (Å²) in [6.07, 6.45) is 4.21. The minimum absolute atomic E-state index is 0.0168. The fourth-order valence-corrected chi connectivity index (χ4v) is 8.10. The van der Waals surface area contributed by atoms with Crippen LogP contribution in [-0.4, -0.2) is 76.5 Å². The van der Waals surface area contributed by atoms with Gasteiger partial charge in [-0.1, -0.05) is 58.4 Å². The minimum Gasteiger partial charge on any atom is -0.396 e. The van der Waals surface area contributed by atoms with Gasteiger partial charge in [0.05, 0.1) is 17.9 Å². The summed E-state index contributed by atoms with van der Waals surface area (Å²) in [7, 11) is 0. The second-order valence-electron chi connectivity index (χ2n) is 11.7. The van der Waals surface area contributed by atoms with Crippen LogP contribution in [0.25, 0.3) is 0 Å². The molecule has 0 aromatic heterocycles. The number of benzene rings is 2. The van der Waals surface area contributed by atoms with Gasteiger partial charge < -0.3 is 24.5 Å². The lowest BCUT2D eigenvalue weighted by Crippen LogP contribution is -2.57. The number of para-hydroxylation sites is 1. The van der Waals surface area contributed by atoms with Crippen LogP contribution in [0.2, 0.25) is 0 Å². The largest absolute Gasteiger partial charge is 0.396 e. The maximum Gasteiger partial charge on any atom is 0.253 e. The zero-order chi connectivity index (χ0) is 30.9. The van der Waals surface area contributed by atoms with E-state index < -0.39 is 29.6 Å². The lowest BCUT2D eigenvalue weighted by Gasteiger charge is -2.37. The van der Waals surface area contributed by atoms with Crippen LogP contribution in [0.15, 0.2) is 73.8 Å². The number of fused-ring (bicyclic) bond motifs is 1. The van der Waals surface area contributed by atoms with E-state index in [9.17, 15) is 19.5 Å². The molecule has 3 saturated heterocycles. The topological polar surface area (TPSA) is 90.4 Å². The number of aliphatic hydroxyl groups excluding tert-OH is 1. The number of carbonyl (C=O) groups is 3. The Morgan fingerprint density at radius 1 is 1.07 bits per heavy atom. The SMILES string of the molecule is C=CCN(C(=O)[C@H]1[C@H]2C(=O)N(CCCCO)C(C(=O)N(CC=C)c3cc(C)ccc3C)C23CC(Br)[C@@H]1O3)c1ccccc1. The zero-order valence-corrected chi connectivity index (χ0v) is 26.4. The van der Waals surface area contributed by atoms with Crippen molar-refractivity contribution in [1.82, 2.24) is 4.90 Å². The molecule has 0 saturated carbocycles. The molecule has 5 rings (SSSR count). The number of aryl methyl sites for hydroxylation is 2. The standard InChI is InChI=1S/C34H40BrN3O5/c1-5-16-36(24-12-8-7-9-13-24)31(40)27-28-32(41)38(18-10-11-19-39)30(34(28)21-25(35)29(27)43-34)33(42)37(17-6-2)26-20-22(3)14-15-23(26)4/h5-9,12-15,20,25,27-30,39H,1-2,10-11,16-19,21H2,3-4H3/t25?,27-,28-,29-,30?,34?/m0/s1. The molecule has 3 unspecified atom stereocenters. The summed E-state index contributed by atoms with van der Waals surface area (Å²) < 4.78 is 6.75. The molecule has 0 radical (unpaired) electrons. The number of anilines is 2. The van der Waals surface area contributed by atoms with Crippen molar-refractivity contribution in [3.05, 3.63) is 85.0 Å². The Balaban J connectivity index is 1.59. The van der Waals surface area contributed by atoms with Crippen LogP contribution < -0.4 is 9.80 Å². The van der Waals surface area contributed by atoms with E-state index >= 15 is 0 Å². The van der Waals surface area contributed by atoms with E-state index in [2.05, 4.69) is 29.1 Å². The number of amides is 3. The fraction of sp³-hybridized carbons (Fsp3) is 0.441. The number of likely N-dealkylation sites (tertiary alicyclic amines) is 1. The van der Waals surface area contributed by atoms with Crippen LogP contribution in [0, 0.1) is 25.7 Å². The van der Waals surface area contributed by atoms with Crippen molar-refractivity contribution < 1.29 is 24.2 Å². The molecule has 8 nitrogen and oxygen atoms in total. The number of carbonyl (C=O) groups excluding carboxylic acids is 3. The lowest BCUT2D eigenvalue weighted by molar-refractivity contribution is -0.140. The minimum atomic E-state index is -1.18. The summed E-state index contributed by atoms with van der Waals surface area (Å²) in [6.45, 7) is 12.5. The third-order valence-electron chi connectivity index (χ3n) is 8.99. The average Bonchev–Trinajstić information content (AvgIpc) is 3.59. The highest BCUT2D eigenvalue weighted by molar-refractivity contribution is 9.09. The first kappa shape index (κ1) is 31.2. The van der Waals surface area contributed by atoms with Crippen LogP contribution in [0.1, 0.15) is 30.4 Å². The molecule has 43 heavy (non-hydrogen) atoms. The summed E-state index contributed by atoms with van der Waals surface area (Å²) in [6, 6.07) is 14.3. The van der Waals surface area contributed by atoms with E-state index in [0.717, 1.165) is 16.8 Å². The number of alkyl halides is 1. The first-order valence-electron chi connectivity index (χ1n) is 14.9. The van der Waals surface area contributed by atoms with E-state index in [1.165, 1.54) is 0 Å². The molecule has 3 amide bonds. The number of rotatable bonds is 12. The highest BCUT2D eigenvalue weighted by Crippen LogP contribution is 2.60. The molecule has 3 fully saturated rings. The van der Waals surface area contributed by atoms with Gasteiger partial charge >= 0.3 is 0 Å². The first-order valence-corrected chi connectivity index (χ1v) is 15.8. The molecular weight excluding hydrogens is 610 g/mol. The Labute approximate surface area is 262 Å². The number of ether oxygens (including phenoxy) is 1. The van der Waals surface area contributed by atoms with Crippen LogP contribution in [0.4, 0.5) is 11.4 Å². The van der Waals surface area contributed by atoms with Gasteiger partial charge in [-0.15, -0.1) is 13.2 Å². The molecular formula is C34H40BrN3O5. The number of nitrogens with zero attached hydrogens (tertiary/aromatic N) is 3. The van der Waals surface area contributed by atoms with Gasteiger partial charge in [0.2, 0.25) is 11.8 Å². The Kier molecular flexibility index (Phi) is 9.25. The summed E-state index contributed by atoms with van der Waals surface area (Å²) in [5.74, 6) is -2.32. The van der Waals surface area contributed by atoms with Gasteiger partial charge in [-0.3, -0.25) is 14.4 Å². The van der Waals surface area contributed by atoms with Crippen molar-refractivity contribution in [1.29, 1.82) is 0 Å². The number of hydrogen-bond acceptors (Lipinski definition) is 5. The Morgan fingerprint density at radius 3 is 2.44 bits per heavy atom. The van der Waals surface area contributed by atoms with E-state index in [0.29, 0.717) is 24.9 Å². The quantitative estimate of drug-likeness (QED) is 0.207. The lowest BCUT2D eigenvalue weighted by atomic mass is 9.70. The molecule has 228 valence electrons. The van der Waals surface area contributed by atoms with E-state index in [1.54, 1.807) is 26.9 Å². The van der Waals surface area contributed by atoms with Crippen LogP contribution in [0.3, 0.4) is 0 Å². The van der Waals surface area contributed by atoms with Gasteiger partial charge in [0, 0.05) is 42.4 Å². The van der Waals surface area contributed by atoms with Crippen molar-refractivity contribution in [3.8, 4) is 0 Å². The van der Waals surface area contributed by atoms with Gasteiger partial charge in [-0.05, 0) is 62.4 Å². The van der Waals surface area contributed by atoms with Crippen LogP contribution in [0.5, 0.6) is 0 Å². The Bertz CT molecular complexity index is 1400. The Morgan fingerprint density at radius 2 is 1.77 bits per heavy atom. The summed E-state index contributed by atoms with van der Waals surface area (Å²) >= 11 is 3.77. The maximum absolute atomic E-state index is 14.8. The van der Waals surface area contributed by atoms with Gasteiger partial charge in [0.1, 0.15) is 11.6 Å². The van der Waals surface area contributed by atoms with E-state index in [-0.39, 0.29) is 48.8 Å². The third kappa shape index (κ3) is 5.36. The second kappa shape index (κ2) is 12.8. The zero-order valence-electron chi connectivity index (χ0n) is 24.8. The molecule has 0 aliphatic carbocycles. The molecule has 9 heteroatoms. The highest BCUT2D eigenvalue weighted by atomic mass is 79.9. The van der Waals surface area contributed by atoms with Crippen LogP contribution in [-0.2, 0) is 19.1 Å². The van der Waals surface area contributed by atoms with Crippen molar-refractivity contribution in [2.75, 3.05) is 36.0 Å². The predicted octanol–water partition coefficient (Wildman–Crippen LogP) is 4.56. The Hall–Kier alpha value is -3.27. The molecule has 2 aromatic rings. The van der Waals surface area contributed by atoms with Gasteiger partial charge in [0.15, 0.2) is 0 Å². The smallest absolute Gasteiger partial charge is 0.253 e. The average molecular weight is 651 g/mol. The van der Waals surface area contributed by atoms with Crippen LogP contribution >= 0.6 is 15.9 Å². The third-order valence-corrected chi connectivity index (χ3v) is 9.84. The fourth-order valence-electron chi connectivity index (χ4n) is 7.16. The van der Waals surface area contributed by atoms with Gasteiger partial charge in [-0.2, -0.15) is 0 Å².